The monoisotopic (exact) mass is 355 g/mol. The Balaban J connectivity index is 2.02. The summed E-state index contributed by atoms with van der Waals surface area (Å²) < 4.78 is 5.27. The predicted octanol–water partition coefficient (Wildman–Crippen LogP) is 4.60. The maximum atomic E-state index is 13.4. The van der Waals surface area contributed by atoms with E-state index >= 15 is 0 Å². The van der Waals surface area contributed by atoms with Crippen molar-refractivity contribution in [1.29, 1.82) is 0 Å². The average Bonchev–Trinajstić information content (AvgIpc) is 2.64. The number of benzene rings is 2. The molecule has 1 atom stereocenters. The Morgan fingerprint density at radius 3 is 2.72 bits per heavy atom. The van der Waals surface area contributed by atoms with Crippen molar-refractivity contribution >= 4 is 23.5 Å². The Morgan fingerprint density at radius 2 is 2.00 bits per heavy atom. The van der Waals surface area contributed by atoms with Gasteiger partial charge in [0.15, 0.2) is 5.78 Å². The molecule has 2 aromatic carbocycles. The maximum absolute atomic E-state index is 13.4. The van der Waals surface area contributed by atoms with Crippen LogP contribution in [0.25, 0.3) is 6.08 Å². The minimum Gasteiger partial charge on any atom is -0.497 e. The highest BCUT2D eigenvalue weighted by Crippen LogP contribution is 2.40. The second kappa shape index (κ2) is 7.42. The van der Waals surface area contributed by atoms with Crippen LogP contribution in [0.1, 0.15) is 30.4 Å². The standard InChI is InChI=1S/C21H22ClNO2/c1-23-21(18-10-3-4-11-19(18)22)12-6-8-16(20(21)24)13-15-7-5-9-17(14-15)25-2/h3-5,7,9-11,13-14,23H,6,8,12H2,1-2H3/b16-13+. The molecule has 1 saturated carbocycles. The third-order valence-corrected chi connectivity index (χ3v) is 5.20. The van der Waals surface area contributed by atoms with E-state index in [0.29, 0.717) is 5.02 Å². The molecule has 0 saturated heterocycles. The molecule has 0 heterocycles. The van der Waals surface area contributed by atoms with E-state index in [2.05, 4.69) is 5.32 Å². The van der Waals surface area contributed by atoms with E-state index in [1.807, 2.05) is 61.7 Å². The summed E-state index contributed by atoms with van der Waals surface area (Å²) in [6, 6.07) is 15.3. The number of Topliss-reactive ketones (excluding diaryl/α,β-unsaturated/α-hetero) is 1. The SMILES string of the molecule is CNC1(c2ccccc2Cl)CCC/C(=C\c2cccc(OC)c2)C1=O. The van der Waals surface area contributed by atoms with Gasteiger partial charge in [-0.25, -0.2) is 0 Å². The number of rotatable bonds is 4. The van der Waals surface area contributed by atoms with Gasteiger partial charge >= 0.3 is 0 Å². The van der Waals surface area contributed by atoms with Crippen LogP contribution in [0.5, 0.6) is 5.75 Å². The number of likely N-dealkylation sites (N-methyl/N-ethyl adjacent to an activating group) is 1. The van der Waals surface area contributed by atoms with Crippen molar-refractivity contribution in [2.45, 2.75) is 24.8 Å². The third kappa shape index (κ3) is 3.35. The summed E-state index contributed by atoms with van der Waals surface area (Å²) in [5.41, 5.74) is 1.87. The second-order valence-electron chi connectivity index (χ2n) is 6.26. The first-order valence-electron chi connectivity index (χ1n) is 8.44. The van der Waals surface area contributed by atoms with Gasteiger partial charge in [0.25, 0.3) is 0 Å². The molecule has 25 heavy (non-hydrogen) atoms. The maximum Gasteiger partial charge on any atom is 0.183 e. The van der Waals surface area contributed by atoms with E-state index in [1.165, 1.54) is 0 Å². The van der Waals surface area contributed by atoms with E-state index in [1.54, 1.807) is 7.11 Å². The summed E-state index contributed by atoms with van der Waals surface area (Å²) in [6.07, 6.45) is 4.39. The van der Waals surface area contributed by atoms with Gasteiger partial charge in [0.1, 0.15) is 11.3 Å². The molecule has 1 aliphatic rings. The Hall–Kier alpha value is -2.10. The fraction of sp³-hybridized carbons (Fsp3) is 0.286. The minimum atomic E-state index is -0.763. The van der Waals surface area contributed by atoms with Gasteiger partial charge in [-0.1, -0.05) is 41.9 Å². The molecule has 1 unspecified atom stereocenters. The summed E-state index contributed by atoms with van der Waals surface area (Å²) in [5, 5.41) is 3.88. The number of carbonyl (C=O) groups excluding carboxylic acids is 1. The third-order valence-electron chi connectivity index (χ3n) is 4.87. The van der Waals surface area contributed by atoms with E-state index < -0.39 is 5.54 Å². The van der Waals surface area contributed by atoms with Crippen molar-refractivity contribution in [2.75, 3.05) is 14.2 Å². The van der Waals surface area contributed by atoms with Crippen LogP contribution in [0, 0.1) is 0 Å². The first-order chi connectivity index (χ1) is 12.1. The zero-order chi connectivity index (χ0) is 17.9. The van der Waals surface area contributed by atoms with E-state index in [9.17, 15) is 4.79 Å². The van der Waals surface area contributed by atoms with Crippen molar-refractivity contribution in [3.8, 4) is 5.75 Å². The summed E-state index contributed by atoms with van der Waals surface area (Å²) in [6.45, 7) is 0. The highest BCUT2D eigenvalue weighted by molar-refractivity contribution is 6.32. The molecule has 3 nitrogen and oxygen atoms in total. The number of ether oxygens (including phenoxy) is 1. The van der Waals surface area contributed by atoms with Crippen molar-refractivity contribution in [2.24, 2.45) is 0 Å². The van der Waals surface area contributed by atoms with Gasteiger partial charge < -0.3 is 10.1 Å². The van der Waals surface area contributed by atoms with Crippen LogP contribution in [0.4, 0.5) is 0 Å². The molecule has 0 radical (unpaired) electrons. The van der Waals surface area contributed by atoms with E-state index in [0.717, 1.165) is 41.7 Å². The molecule has 1 N–H and O–H groups in total. The lowest BCUT2D eigenvalue weighted by atomic mass is 9.73. The largest absolute Gasteiger partial charge is 0.497 e. The van der Waals surface area contributed by atoms with Crippen molar-refractivity contribution in [3.63, 3.8) is 0 Å². The normalized spacial score (nSPS) is 22.2. The molecule has 1 fully saturated rings. The van der Waals surface area contributed by atoms with Gasteiger partial charge in [-0.3, -0.25) is 4.79 Å². The zero-order valence-corrected chi connectivity index (χ0v) is 15.3. The van der Waals surface area contributed by atoms with E-state index in [4.69, 9.17) is 16.3 Å². The summed E-state index contributed by atoms with van der Waals surface area (Å²) >= 11 is 6.41. The Morgan fingerprint density at radius 1 is 1.20 bits per heavy atom. The molecular formula is C21H22ClNO2. The summed E-state index contributed by atoms with van der Waals surface area (Å²) in [5.74, 6) is 0.876. The molecule has 2 aromatic rings. The number of halogens is 1. The van der Waals surface area contributed by atoms with Crippen molar-refractivity contribution in [1.82, 2.24) is 5.32 Å². The lowest BCUT2D eigenvalue weighted by Gasteiger charge is -2.37. The van der Waals surface area contributed by atoms with Gasteiger partial charge in [-0.2, -0.15) is 0 Å². The molecule has 0 amide bonds. The zero-order valence-electron chi connectivity index (χ0n) is 14.5. The number of carbonyl (C=O) groups is 1. The first kappa shape index (κ1) is 17.7. The molecule has 1 aliphatic carbocycles. The number of methoxy groups -OCH3 is 1. The average molecular weight is 356 g/mol. The number of ketones is 1. The van der Waals surface area contributed by atoms with Crippen LogP contribution in [0.3, 0.4) is 0 Å². The van der Waals surface area contributed by atoms with Crippen LogP contribution >= 0.6 is 11.6 Å². The highest BCUT2D eigenvalue weighted by atomic mass is 35.5. The number of hydrogen-bond donors (Lipinski definition) is 1. The molecule has 0 spiro atoms. The molecule has 3 rings (SSSR count). The Labute approximate surface area is 153 Å². The van der Waals surface area contributed by atoms with Gasteiger partial charge in [-0.15, -0.1) is 0 Å². The second-order valence-corrected chi connectivity index (χ2v) is 6.67. The Kier molecular flexibility index (Phi) is 5.26. The first-order valence-corrected chi connectivity index (χ1v) is 8.82. The number of hydrogen-bond acceptors (Lipinski definition) is 3. The van der Waals surface area contributed by atoms with E-state index in [-0.39, 0.29) is 5.78 Å². The molecular weight excluding hydrogens is 334 g/mol. The fourth-order valence-corrected chi connectivity index (χ4v) is 3.85. The quantitative estimate of drug-likeness (QED) is 0.814. The van der Waals surface area contributed by atoms with Gasteiger partial charge in [-0.05, 0) is 67.3 Å². The van der Waals surface area contributed by atoms with Gasteiger partial charge in [0.2, 0.25) is 0 Å². The summed E-state index contributed by atoms with van der Waals surface area (Å²) in [7, 11) is 3.47. The molecule has 130 valence electrons. The smallest absolute Gasteiger partial charge is 0.183 e. The van der Waals surface area contributed by atoms with Crippen LogP contribution in [-0.2, 0) is 10.3 Å². The van der Waals surface area contributed by atoms with Crippen LogP contribution in [-0.4, -0.2) is 19.9 Å². The van der Waals surface area contributed by atoms with Crippen LogP contribution in [0.15, 0.2) is 54.1 Å². The lowest BCUT2D eigenvalue weighted by molar-refractivity contribution is -0.123. The van der Waals surface area contributed by atoms with Gasteiger partial charge in [0.05, 0.1) is 7.11 Å². The van der Waals surface area contributed by atoms with Crippen molar-refractivity contribution < 1.29 is 9.53 Å². The molecule has 0 aliphatic heterocycles. The predicted molar refractivity (Wildman–Crippen MR) is 102 cm³/mol. The van der Waals surface area contributed by atoms with Gasteiger partial charge in [0, 0.05) is 5.02 Å². The van der Waals surface area contributed by atoms with Crippen LogP contribution in [0.2, 0.25) is 5.02 Å². The number of nitrogens with one attached hydrogen (secondary N) is 1. The van der Waals surface area contributed by atoms with Crippen molar-refractivity contribution in [3.05, 3.63) is 70.3 Å². The fourth-order valence-electron chi connectivity index (χ4n) is 3.55. The molecule has 4 heteroatoms. The Bertz CT molecular complexity index is 815. The topological polar surface area (TPSA) is 38.3 Å². The molecule has 0 bridgehead atoms. The highest BCUT2D eigenvalue weighted by Gasteiger charge is 2.43. The lowest BCUT2D eigenvalue weighted by Crippen LogP contribution is -2.50. The summed E-state index contributed by atoms with van der Waals surface area (Å²) in [4.78, 5) is 13.4. The van der Waals surface area contributed by atoms with Crippen LogP contribution < -0.4 is 10.1 Å². The minimum absolute atomic E-state index is 0.0946. The molecule has 0 aromatic heterocycles.